The summed E-state index contributed by atoms with van der Waals surface area (Å²) in [6.45, 7) is 0.125. The van der Waals surface area contributed by atoms with E-state index in [0.29, 0.717) is 10.6 Å². The summed E-state index contributed by atoms with van der Waals surface area (Å²) in [7, 11) is 1.31. The summed E-state index contributed by atoms with van der Waals surface area (Å²) in [5.74, 6) is -0.677. The third kappa shape index (κ3) is 3.58. The zero-order valence-corrected chi connectivity index (χ0v) is 11.7. The number of benzene rings is 1. The molecule has 0 aliphatic carbocycles. The monoisotopic (exact) mass is 290 g/mol. The van der Waals surface area contributed by atoms with Gasteiger partial charge in [-0.2, -0.15) is 0 Å². The predicted octanol–water partition coefficient (Wildman–Crippen LogP) is 2.59. The van der Waals surface area contributed by atoms with Crippen molar-refractivity contribution >= 4 is 34.6 Å². The molecule has 0 radical (unpaired) electrons. The minimum atomic E-state index is -0.452. The van der Waals surface area contributed by atoms with Gasteiger partial charge >= 0.3 is 5.97 Å². The molecule has 1 amide bonds. The third-order valence-electron chi connectivity index (χ3n) is 2.54. The molecule has 1 heterocycles. The topological polar surface area (TPSA) is 67.4 Å². The van der Waals surface area contributed by atoms with E-state index >= 15 is 0 Å². The van der Waals surface area contributed by atoms with Crippen molar-refractivity contribution < 1.29 is 14.3 Å². The smallest absolute Gasteiger partial charge is 0.350 e. The quantitative estimate of drug-likeness (QED) is 0.831. The number of ether oxygens (including phenoxy) is 1. The molecule has 2 rings (SSSR count). The fourth-order valence-electron chi connectivity index (χ4n) is 1.59. The molecular weight excluding hydrogens is 276 g/mol. The lowest BCUT2D eigenvalue weighted by molar-refractivity contribution is -0.114. The zero-order chi connectivity index (χ0) is 14.4. The first kappa shape index (κ1) is 14.1. The summed E-state index contributed by atoms with van der Waals surface area (Å²) in [5, 5.41) is 7.41. The maximum absolute atomic E-state index is 11.8. The molecule has 0 fully saturated rings. The van der Waals surface area contributed by atoms with E-state index in [9.17, 15) is 9.59 Å². The number of esters is 1. The number of methoxy groups -OCH3 is 1. The number of amides is 1. The van der Waals surface area contributed by atoms with Gasteiger partial charge in [-0.05, 0) is 23.6 Å². The van der Waals surface area contributed by atoms with Gasteiger partial charge in [-0.1, -0.05) is 18.2 Å². The number of nitrogens with one attached hydrogen (secondary N) is 2. The van der Waals surface area contributed by atoms with Crippen molar-refractivity contribution in [3.63, 3.8) is 0 Å². The van der Waals surface area contributed by atoms with Crippen LogP contribution in [0.25, 0.3) is 0 Å². The van der Waals surface area contributed by atoms with E-state index < -0.39 is 5.97 Å². The Bertz CT molecular complexity index is 595. The van der Waals surface area contributed by atoms with Crippen molar-refractivity contribution in [2.45, 2.75) is 0 Å². The molecule has 0 atom stereocenters. The minimum Gasteiger partial charge on any atom is -0.465 e. The third-order valence-corrected chi connectivity index (χ3v) is 3.43. The summed E-state index contributed by atoms with van der Waals surface area (Å²) < 4.78 is 4.65. The van der Waals surface area contributed by atoms with Gasteiger partial charge in [0.2, 0.25) is 5.91 Å². The summed E-state index contributed by atoms with van der Waals surface area (Å²) in [6.07, 6.45) is 0. The van der Waals surface area contributed by atoms with E-state index in [-0.39, 0.29) is 12.5 Å². The molecule has 6 heteroatoms. The Kier molecular flexibility index (Phi) is 4.73. The molecule has 2 N–H and O–H groups in total. The van der Waals surface area contributed by atoms with Crippen LogP contribution in [0.1, 0.15) is 9.67 Å². The number of rotatable bonds is 5. The molecule has 1 aromatic carbocycles. The summed E-state index contributed by atoms with van der Waals surface area (Å²) in [4.78, 5) is 23.7. The average molecular weight is 290 g/mol. The standard InChI is InChI=1S/C14H14N2O3S/c1-19-14(18)13-11(7-8-20-13)16-12(17)9-15-10-5-3-2-4-6-10/h2-8,15H,9H2,1H3,(H,16,17). The molecule has 20 heavy (non-hydrogen) atoms. The van der Waals surface area contributed by atoms with Crippen LogP contribution in [0.3, 0.4) is 0 Å². The van der Waals surface area contributed by atoms with E-state index in [0.717, 1.165) is 5.69 Å². The molecule has 104 valence electrons. The van der Waals surface area contributed by atoms with E-state index in [1.165, 1.54) is 18.4 Å². The first-order chi connectivity index (χ1) is 9.70. The van der Waals surface area contributed by atoms with Crippen LogP contribution in [0, 0.1) is 0 Å². The highest BCUT2D eigenvalue weighted by Crippen LogP contribution is 2.22. The van der Waals surface area contributed by atoms with Crippen LogP contribution < -0.4 is 10.6 Å². The van der Waals surface area contributed by atoms with Crippen molar-refractivity contribution in [3.05, 3.63) is 46.7 Å². The number of para-hydroxylation sites is 1. The van der Waals surface area contributed by atoms with Gasteiger partial charge in [0, 0.05) is 5.69 Å². The van der Waals surface area contributed by atoms with Crippen LogP contribution in [-0.2, 0) is 9.53 Å². The predicted molar refractivity (Wildman–Crippen MR) is 79.2 cm³/mol. The van der Waals surface area contributed by atoms with Gasteiger partial charge in [-0.25, -0.2) is 4.79 Å². The number of carbonyl (C=O) groups is 2. The molecule has 0 saturated heterocycles. The summed E-state index contributed by atoms with van der Waals surface area (Å²) in [6, 6.07) is 11.1. The van der Waals surface area contributed by atoms with Crippen LogP contribution in [-0.4, -0.2) is 25.5 Å². The van der Waals surface area contributed by atoms with Gasteiger partial charge in [-0.15, -0.1) is 11.3 Å². The van der Waals surface area contributed by atoms with Crippen LogP contribution in [0.15, 0.2) is 41.8 Å². The molecule has 0 unspecified atom stereocenters. The van der Waals surface area contributed by atoms with E-state index in [4.69, 9.17) is 0 Å². The first-order valence-electron chi connectivity index (χ1n) is 5.95. The lowest BCUT2D eigenvalue weighted by Gasteiger charge is -2.07. The highest BCUT2D eigenvalue weighted by molar-refractivity contribution is 7.12. The highest BCUT2D eigenvalue weighted by atomic mass is 32.1. The van der Waals surface area contributed by atoms with Crippen molar-refractivity contribution in [3.8, 4) is 0 Å². The normalized spacial score (nSPS) is 9.85. The van der Waals surface area contributed by atoms with Crippen LogP contribution in [0.4, 0.5) is 11.4 Å². The van der Waals surface area contributed by atoms with E-state index in [2.05, 4.69) is 15.4 Å². The fourth-order valence-corrected chi connectivity index (χ4v) is 2.36. The second-order valence-electron chi connectivity index (χ2n) is 3.92. The lowest BCUT2D eigenvalue weighted by atomic mass is 10.3. The number of hydrogen-bond acceptors (Lipinski definition) is 5. The average Bonchev–Trinajstić information content (AvgIpc) is 2.93. The Morgan fingerprint density at radius 3 is 2.65 bits per heavy atom. The van der Waals surface area contributed by atoms with Crippen molar-refractivity contribution in [2.75, 3.05) is 24.3 Å². The Morgan fingerprint density at radius 1 is 1.20 bits per heavy atom. The highest BCUT2D eigenvalue weighted by Gasteiger charge is 2.15. The number of hydrogen-bond donors (Lipinski definition) is 2. The van der Waals surface area contributed by atoms with Crippen molar-refractivity contribution in [1.82, 2.24) is 0 Å². The summed E-state index contributed by atoms with van der Waals surface area (Å²) in [5.41, 5.74) is 1.34. The minimum absolute atomic E-state index is 0.125. The Balaban J connectivity index is 1.92. The molecule has 0 saturated carbocycles. The molecule has 5 nitrogen and oxygen atoms in total. The molecule has 0 aliphatic heterocycles. The largest absolute Gasteiger partial charge is 0.465 e. The SMILES string of the molecule is COC(=O)c1sccc1NC(=O)CNc1ccccc1. The van der Waals surface area contributed by atoms with Gasteiger partial charge in [0.25, 0.3) is 0 Å². The van der Waals surface area contributed by atoms with Gasteiger partial charge in [0.1, 0.15) is 4.88 Å². The molecule has 0 bridgehead atoms. The van der Waals surface area contributed by atoms with E-state index in [1.54, 1.807) is 11.4 Å². The summed E-state index contributed by atoms with van der Waals surface area (Å²) >= 11 is 1.23. The van der Waals surface area contributed by atoms with Crippen molar-refractivity contribution in [2.24, 2.45) is 0 Å². The zero-order valence-electron chi connectivity index (χ0n) is 10.9. The Morgan fingerprint density at radius 2 is 1.95 bits per heavy atom. The molecule has 1 aromatic heterocycles. The Hall–Kier alpha value is -2.34. The number of anilines is 2. The van der Waals surface area contributed by atoms with Crippen LogP contribution in [0.2, 0.25) is 0 Å². The fraction of sp³-hybridized carbons (Fsp3) is 0.143. The molecule has 0 aliphatic rings. The van der Waals surface area contributed by atoms with E-state index in [1.807, 2.05) is 30.3 Å². The van der Waals surface area contributed by atoms with Crippen LogP contribution >= 0.6 is 11.3 Å². The van der Waals surface area contributed by atoms with Crippen molar-refractivity contribution in [1.29, 1.82) is 0 Å². The first-order valence-corrected chi connectivity index (χ1v) is 6.83. The van der Waals surface area contributed by atoms with Gasteiger partial charge in [-0.3, -0.25) is 4.79 Å². The van der Waals surface area contributed by atoms with Gasteiger partial charge in [0.05, 0.1) is 19.3 Å². The number of carbonyl (C=O) groups excluding carboxylic acids is 2. The Labute approximate surface area is 120 Å². The second-order valence-corrected chi connectivity index (χ2v) is 4.84. The van der Waals surface area contributed by atoms with Gasteiger partial charge < -0.3 is 15.4 Å². The molecule has 0 spiro atoms. The number of thiophene rings is 1. The maximum atomic E-state index is 11.8. The second kappa shape index (κ2) is 6.72. The molecule has 2 aromatic rings. The van der Waals surface area contributed by atoms with Gasteiger partial charge in [0.15, 0.2) is 0 Å². The lowest BCUT2D eigenvalue weighted by Crippen LogP contribution is -2.22. The molecular formula is C14H14N2O3S. The van der Waals surface area contributed by atoms with Crippen LogP contribution in [0.5, 0.6) is 0 Å². The maximum Gasteiger partial charge on any atom is 0.350 e.